The lowest BCUT2D eigenvalue weighted by Crippen LogP contribution is -2.28. The highest BCUT2D eigenvalue weighted by Gasteiger charge is 2.27. The van der Waals surface area contributed by atoms with Gasteiger partial charge in [0.2, 0.25) is 0 Å². The number of rotatable bonds is 4. The van der Waals surface area contributed by atoms with Crippen molar-refractivity contribution in [2.24, 2.45) is 0 Å². The molecular formula is C15H21N3O5S. The van der Waals surface area contributed by atoms with Crippen molar-refractivity contribution in [2.45, 2.75) is 38.3 Å². The predicted octanol–water partition coefficient (Wildman–Crippen LogP) is 2.48. The number of pyridine rings is 1. The molecule has 1 amide bonds. The molecule has 0 fully saturated rings. The van der Waals surface area contributed by atoms with Crippen LogP contribution in [0.5, 0.6) is 5.75 Å². The second-order valence-corrected chi connectivity index (χ2v) is 8.29. The topological polar surface area (TPSA) is 99.0 Å². The molecule has 0 aliphatic rings. The monoisotopic (exact) mass is 355 g/mol. The number of carbonyl (C=O) groups is 1. The third-order valence-corrected chi connectivity index (χ3v) is 4.82. The quantitative estimate of drug-likeness (QED) is 0.904. The first-order valence-corrected chi connectivity index (χ1v) is 9.01. The second-order valence-electron chi connectivity index (χ2n) is 6.09. The minimum atomic E-state index is -3.65. The molecule has 1 N–H and O–H groups in total. The van der Waals surface area contributed by atoms with Crippen molar-refractivity contribution in [1.29, 1.82) is 0 Å². The average molecular weight is 355 g/mol. The largest absolute Gasteiger partial charge is 0.495 e. The van der Waals surface area contributed by atoms with Crippen LogP contribution in [0.3, 0.4) is 0 Å². The minimum absolute atomic E-state index is 0.0700. The second kappa shape index (κ2) is 6.31. The van der Waals surface area contributed by atoms with Gasteiger partial charge in [-0.3, -0.25) is 9.72 Å². The molecule has 0 aliphatic heterocycles. The van der Waals surface area contributed by atoms with Crippen molar-refractivity contribution < 1.29 is 22.7 Å². The van der Waals surface area contributed by atoms with E-state index in [9.17, 15) is 13.2 Å². The van der Waals surface area contributed by atoms with E-state index in [0.29, 0.717) is 11.4 Å². The number of methoxy groups -OCH3 is 1. The number of amides is 1. The zero-order valence-corrected chi connectivity index (χ0v) is 15.1. The van der Waals surface area contributed by atoms with E-state index in [1.165, 1.54) is 24.6 Å². The van der Waals surface area contributed by atoms with Gasteiger partial charge in [0.15, 0.2) is 20.7 Å². The Morgan fingerprint density at radius 2 is 2.00 bits per heavy atom. The first kappa shape index (κ1) is 18.1. The van der Waals surface area contributed by atoms with Gasteiger partial charge >= 0.3 is 6.09 Å². The average Bonchev–Trinajstić information content (AvgIpc) is 2.82. The number of aromatic nitrogens is 2. The maximum Gasteiger partial charge on any atom is 0.413 e. The molecule has 2 heterocycles. The predicted molar refractivity (Wildman–Crippen MR) is 89.3 cm³/mol. The standard InChI is InChI=1S/C15H21N3O5S/c1-6-24(20,21)13-12(17-14(19)23-15(2,3)4)16-11-8-7-10(22-5)9-18(11)13/h7-9H,6H2,1-5H3,(H,17,19). The van der Waals surface area contributed by atoms with Gasteiger partial charge in [0.05, 0.1) is 19.1 Å². The van der Waals surface area contributed by atoms with E-state index in [1.807, 2.05) is 0 Å². The lowest BCUT2D eigenvalue weighted by atomic mass is 10.2. The van der Waals surface area contributed by atoms with E-state index in [1.54, 1.807) is 32.9 Å². The van der Waals surface area contributed by atoms with Crippen molar-refractivity contribution in [2.75, 3.05) is 18.2 Å². The number of hydrogen-bond acceptors (Lipinski definition) is 6. The van der Waals surface area contributed by atoms with Crippen LogP contribution in [-0.2, 0) is 14.6 Å². The Hall–Kier alpha value is -2.29. The third kappa shape index (κ3) is 3.78. The zero-order chi connectivity index (χ0) is 18.1. The molecule has 0 spiro atoms. The molecule has 0 bridgehead atoms. The highest BCUT2D eigenvalue weighted by Crippen LogP contribution is 2.26. The first-order valence-electron chi connectivity index (χ1n) is 7.36. The van der Waals surface area contributed by atoms with Crippen LogP contribution in [0.2, 0.25) is 0 Å². The molecule has 0 aromatic carbocycles. The van der Waals surface area contributed by atoms with Crippen molar-refractivity contribution >= 4 is 27.4 Å². The molecule has 132 valence electrons. The van der Waals surface area contributed by atoms with Gasteiger partial charge in [-0.15, -0.1) is 0 Å². The van der Waals surface area contributed by atoms with E-state index in [4.69, 9.17) is 9.47 Å². The summed E-state index contributed by atoms with van der Waals surface area (Å²) in [7, 11) is -2.17. The number of hydrogen-bond donors (Lipinski definition) is 1. The molecule has 2 rings (SSSR count). The van der Waals surface area contributed by atoms with Gasteiger partial charge in [-0.05, 0) is 32.9 Å². The Bertz CT molecular complexity index is 865. The van der Waals surface area contributed by atoms with Crippen LogP contribution < -0.4 is 10.1 Å². The van der Waals surface area contributed by atoms with Gasteiger partial charge in [0.25, 0.3) is 0 Å². The van der Waals surface area contributed by atoms with Gasteiger partial charge in [0.1, 0.15) is 17.0 Å². The van der Waals surface area contributed by atoms with Crippen molar-refractivity contribution in [1.82, 2.24) is 9.38 Å². The smallest absolute Gasteiger partial charge is 0.413 e. The molecule has 9 heteroatoms. The number of anilines is 1. The fourth-order valence-electron chi connectivity index (χ4n) is 2.04. The Morgan fingerprint density at radius 1 is 1.33 bits per heavy atom. The summed E-state index contributed by atoms with van der Waals surface area (Å²) in [6, 6.07) is 3.26. The lowest BCUT2D eigenvalue weighted by Gasteiger charge is -2.19. The van der Waals surface area contributed by atoms with Crippen LogP contribution in [0.1, 0.15) is 27.7 Å². The van der Waals surface area contributed by atoms with Gasteiger partial charge in [-0.25, -0.2) is 18.2 Å². The normalized spacial score (nSPS) is 12.2. The number of nitrogens with one attached hydrogen (secondary N) is 1. The number of carbonyl (C=O) groups excluding carboxylic acids is 1. The number of sulfone groups is 1. The Labute approximate surface area is 140 Å². The van der Waals surface area contributed by atoms with Crippen LogP contribution in [0.25, 0.3) is 5.65 Å². The molecule has 8 nitrogen and oxygen atoms in total. The molecular weight excluding hydrogens is 334 g/mol. The molecule has 0 atom stereocenters. The van der Waals surface area contributed by atoms with Crippen molar-refractivity contribution in [3.63, 3.8) is 0 Å². The number of imidazole rings is 1. The van der Waals surface area contributed by atoms with E-state index in [2.05, 4.69) is 10.3 Å². The van der Waals surface area contributed by atoms with Crippen molar-refractivity contribution in [3.8, 4) is 5.75 Å². The Balaban J connectivity index is 2.57. The highest BCUT2D eigenvalue weighted by atomic mass is 32.2. The maximum atomic E-state index is 12.5. The summed E-state index contributed by atoms with van der Waals surface area (Å²) >= 11 is 0. The summed E-state index contributed by atoms with van der Waals surface area (Å²) in [5, 5.41) is 2.31. The number of fused-ring (bicyclic) bond motifs is 1. The summed E-state index contributed by atoms with van der Waals surface area (Å²) in [4.78, 5) is 16.2. The number of nitrogens with zero attached hydrogens (tertiary/aromatic N) is 2. The third-order valence-electron chi connectivity index (χ3n) is 3.08. The summed E-state index contributed by atoms with van der Waals surface area (Å²) in [5.74, 6) is 0.261. The summed E-state index contributed by atoms with van der Waals surface area (Å²) in [6.07, 6.45) is 0.732. The van der Waals surface area contributed by atoms with Gasteiger partial charge in [-0.1, -0.05) is 6.92 Å². The summed E-state index contributed by atoms with van der Waals surface area (Å²) < 4.78 is 36.6. The van der Waals surface area contributed by atoms with Crippen LogP contribution in [0, 0.1) is 0 Å². The molecule has 24 heavy (non-hydrogen) atoms. The molecule has 0 saturated heterocycles. The van der Waals surface area contributed by atoms with Crippen LogP contribution in [0.4, 0.5) is 10.6 Å². The van der Waals surface area contributed by atoms with Gasteiger partial charge in [0, 0.05) is 0 Å². The van der Waals surface area contributed by atoms with Gasteiger partial charge in [-0.2, -0.15) is 0 Å². The molecule has 2 aromatic rings. The number of ether oxygens (including phenoxy) is 2. The molecule has 0 radical (unpaired) electrons. The maximum absolute atomic E-state index is 12.5. The molecule has 0 unspecified atom stereocenters. The minimum Gasteiger partial charge on any atom is -0.495 e. The van der Waals surface area contributed by atoms with Gasteiger partial charge < -0.3 is 9.47 Å². The fourth-order valence-corrected chi connectivity index (χ4v) is 3.15. The van der Waals surface area contributed by atoms with E-state index < -0.39 is 21.5 Å². The van der Waals surface area contributed by atoms with Crippen molar-refractivity contribution in [3.05, 3.63) is 18.3 Å². The fraction of sp³-hybridized carbons (Fsp3) is 0.467. The lowest BCUT2D eigenvalue weighted by molar-refractivity contribution is 0.0635. The molecule has 0 aliphatic carbocycles. The summed E-state index contributed by atoms with van der Waals surface area (Å²) in [5.41, 5.74) is -0.343. The van der Waals surface area contributed by atoms with E-state index in [0.717, 1.165) is 0 Å². The van der Waals surface area contributed by atoms with Crippen LogP contribution in [-0.4, -0.2) is 42.4 Å². The first-order chi connectivity index (χ1) is 11.1. The zero-order valence-electron chi connectivity index (χ0n) is 14.3. The highest BCUT2D eigenvalue weighted by molar-refractivity contribution is 7.91. The Morgan fingerprint density at radius 3 is 2.54 bits per heavy atom. The van der Waals surface area contributed by atoms with Crippen LogP contribution >= 0.6 is 0 Å². The Kier molecular flexibility index (Phi) is 4.75. The molecule has 0 saturated carbocycles. The molecule has 2 aromatic heterocycles. The van der Waals surface area contributed by atoms with E-state index >= 15 is 0 Å². The van der Waals surface area contributed by atoms with E-state index in [-0.39, 0.29) is 16.6 Å². The summed E-state index contributed by atoms with van der Waals surface area (Å²) in [6.45, 7) is 6.66. The van der Waals surface area contributed by atoms with Crippen LogP contribution in [0.15, 0.2) is 23.4 Å². The SMILES string of the molecule is CCS(=O)(=O)c1c(NC(=O)OC(C)(C)C)nc2ccc(OC)cn12.